The Kier molecular flexibility index (Phi) is 4.90. The first-order valence-electron chi connectivity index (χ1n) is 6.17. The second-order valence-corrected chi connectivity index (χ2v) is 5.17. The highest BCUT2D eigenvalue weighted by molar-refractivity contribution is 9.10. The Bertz CT molecular complexity index is 485. The number of pyridine rings is 1. The van der Waals surface area contributed by atoms with Gasteiger partial charge in [-0.15, -0.1) is 0 Å². The molecule has 0 saturated carbocycles. The molecule has 0 radical (unpaired) electrons. The van der Waals surface area contributed by atoms with Gasteiger partial charge in [0, 0.05) is 29.5 Å². The van der Waals surface area contributed by atoms with Crippen molar-refractivity contribution in [3.63, 3.8) is 0 Å². The summed E-state index contributed by atoms with van der Waals surface area (Å²) in [6, 6.07) is 12.9. The van der Waals surface area contributed by atoms with Crippen molar-refractivity contribution in [2.75, 3.05) is 0 Å². The molecule has 1 aromatic heterocycles. The number of nitrogens with one attached hydrogen (secondary N) is 1. The van der Waals surface area contributed by atoms with Gasteiger partial charge in [0.15, 0.2) is 0 Å². The first kappa shape index (κ1) is 13.2. The van der Waals surface area contributed by atoms with E-state index in [1.54, 1.807) is 6.20 Å². The van der Waals surface area contributed by atoms with E-state index in [1.807, 2.05) is 12.3 Å². The monoisotopic (exact) mass is 304 g/mol. The Balaban J connectivity index is 2.02. The summed E-state index contributed by atoms with van der Waals surface area (Å²) in [4.78, 5) is 4.13. The summed E-state index contributed by atoms with van der Waals surface area (Å²) in [7, 11) is 0. The number of aromatic nitrogens is 1. The highest BCUT2D eigenvalue weighted by atomic mass is 79.9. The van der Waals surface area contributed by atoms with Crippen molar-refractivity contribution in [3.8, 4) is 0 Å². The van der Waals surface area contributed by atoms with Gasteiger partial charge >= 0.3 is 0 Å². The van der Waals surface area contributed by atoms with Gasteiger partial charge in [-0.2, -0.15) is 0 Å². The molecule has 0 aliphatic carbocycles. The maximum Gasteiger partial charge on any atom is 0.0321 e. The van der Waals surface area contributed by atoms with Crippen LogP contribution >= 0.6 is 15.9 Å². The molecule has 94 valence electrons. The van der Waals surface area contributed by atoms with Crippen molar-refractivity contribution in [2.45, 2.75) is 25.9 Å². The van der Waals surface area contributed by atoms with Crippen LogP contribution in [0.1, 0.15) is 30.5 Å². The Labute approximate surface area is 117 Å². The standard InChI is InChI=1S/C15H17BrN2/c1-2-15(13-6-3-7-14(16)9-13)18-11-12-5-4-8-17-10-12/h3-10,15,18H,2,11H2,1H3. The van der Waals surface area contributed by atoms with Gasteiger partial charge in [-0.3, -0.25) is 4.98 Å². The van der Waals surface area contributed by atoms with Gasteiger partial charge in [0.25, 0.3) is 0 Å². The van der Waals surface area contributed by atoms with E-state index in [4.69, 9.17) is 0 Å². The topological polar surface area (TPSA) is 24.9 Å². The molecule has 0 amide bonds. The van der Waals surface area contributed by atoms with Crippen LogP contribution in [0.4, 0.5) is 0 Å². The van der Waals surface area contributed by atoms with E-state index in [0.29, 0.717) is 6.04 Å². The SMILES string of the molecule is CCC(NCc1cccnc1)c1cccc(Br)c1. The van der Waals surface area contributed by atoms with Crippen molar-refractivity contribution < 1.29 is 0 Å². The fraction of sp³-hybridized carbons (Fsp3) is 0.267. The summed E-state index contributed by atoms with van der Waals surface area (Å²) in [5.74, 6) is 0. The highest BCUT2D eigenvalue weighted by Crippen LogP contribution is 2.20. The van der Waals surface area contributed by atoms with Crippen LogP contribution in [-0.2, 0) is 6.54 Å². The van der Waals surface area contributed by atoms with Crippen molar-refractivity contribution >= 4 is 15.9 Å². The fourth-order valence-electron chi connectivity index (χ4n) is 1.96. The molecule has 0 spiro atoms. The van der Waals surface area contributed by atoms with Crippen LogP contribution in [0, 0.1) is 0 Å². The molecular formula is C15H17BrN2. The van der Waals surface area contributed by atoms with Crippen LogP contribution < -0.4 is 5.32 Å². The summed E-state index contributed by atoms with van der Waals surface area (Å²) < 4.78 is 1.13. The summed E-state index contributed by atoms with van der Waals surface area (Å²) in [6.07, 6.45) is 4.77. The van der Waals surface area contributed by atoms with Gasteiger partial charge < -0.3 is 5.32 Å². The Morgan fingerprint density at radius 1 is 1.28 bits per heavy atom. The van der Waals surface area contributed by atoms with Crippen molar-refractivity contribution in [1.82, 2.24) is 10.3 Å². The lowest BCUT2D eigenvalue weighted by molar-refractivity contribution is 0.518. The van der Waals surface area contributed by atoms with Gasteiger partial charge in [-0.25, -0.2) is 0 Å². The molecule has 2 rings (SSSR count). The highest BCUT2D eigenvalue weighted by Gasteiger charge is 2.08. The zero-order valence-corrected chi connectivity index (χ0v) is 12.0. The number of halogens is 1. The molecule has 1 N–H and O–H groups in total. The fourth-order valence-corrected chi connectivity index (χ4v) is 2.38. The van der Waals surface area contributed by atoms with Gasteiger partial charge in [0.1, 0.15) is 0 Å². The lowest BCUT2D eigenvalue weighted by atomic mass is 10.0. The summed E-state index contributed by atoms with van der Waals surface area (Å²) in [5.41, 5.74) is 2.53. The molecule has 0 fully saturated rings. The number of hydrogen-bond acceptors (Lipinski definition) is 2. The van der Waals surface area contributed by atoms with E-state index in [-0.39, 0.29) is 0 Å². The third-order valence-electron chi connectivity index (χ3n) is 2.93. The molecule has 1 unspecified atom stereocenters. The first-order valence-corrected chi connectivity index (χ1v) is 6.96. The average Bonchev–Trinajstić information content (AvgIpc) is 2.41. The number of nitrogens with zero attached hydrogens (tertiary/aromatic N) is 1. The van der Waals surface area contributed by atoms with Crippen LogP contribution in [0.5, 0.6) is 0 Å². The molecule has 1 heterocycles. The largest absolute Gasteiger partial charge is 0.306 e. The smallest absolute Gasteiger partial charge is 0.0321 e. The lowest BCUT2D eigenvalue weighted by Crippen LogP contribution is -2.20. The molecule has 2 aromatic rings. The minimum Gasteiger partial charge on any atom is -0.306 e. The quantitative estimate of drug-likeness (QED) is 0.900. The van der Waals surface area contributed by atoms with Crippen molar-refractivity contribution in [2.24, 2.45) is 0 Å². The molecule has 1 atom stereocenters. The molecular weight excluding hydrogens is 288 g/mol. The zero-order chi connectivity index (χ0) is 12.8. The maximum absolute atomic E-state index is 4.13. The third kappa shape index (κ3) is 3.65. The second-order valence-electron chi connectivity index (χ2n) is 4.26. The summed E-state index contributed by atoms with van der Waals surface area (Å²) in [6.45, 7) is 3.04. The molecule has 18 heavy (non-hydrogen) atoms. The van der Waals surface area contributed by atoms with Crippen LogP contribution in [0.15, 0.2) is 53.3 Å². The Hall–Kier alpha value is -1.19. The molecule has 3 heteroatoms. The minimum absolute atomic E-state index is 0.378. The first-order chi connectivity index (χ1) is 8.79. The Morgan fingerprint density at radius 3 is 2.83 bits per heavy atom. The molecule has 0 saturated heterocycles. The third-order valence-corrected chi connectivity index (χ3v) is 3.43. The summed E-state index contributed by atoms with van der Waals surface area (Å²) in [5, 5.41) is 3.57. The van der Waals surface area contributed by atoms with E-state index in [2.05, 4.69) is 63.5 Å². The van der Waals surface area contributed by atoms with Gasteiger partial charge in [-0.1, -0.05) is 41.1 Å². The Morgan fingerprint density at radius 2 is 2.17 bits per heavy atom. The predicted molar refractivity (Wildman–Crippen MR) is 78.3 cm³/mol. The lowest BCUT2D eigenvalue weighted by Gasteiger charge is -2.17. The number of benzene rings is 1. The number of hydrogen-bond donors (Lipinski definition) is 1. The minimum atomic E-state index is 0.378. The van der Waals surface area contributed by atoms with Gasteiger partial charge in [-0.05, 0) is 35.7 Å². The summed E-state index contributed by atoms with van der Waals surface area (Å²) >= 11 is 3.52. The van der Waals surface area contributed by atoms with Crippen molar-refractivity contribution in [1.29, 1.82) is 0 Å². The molecule has 0 aliphatic heterocycles. The van der Waals surface area contributed by atoms with Crippen LogP contribution in [-0.4, -0.2) is 4.98 Å². The van der Waals surface area contributed by atoms with Crippen molar-refractivity contribution in [3.05, 3.63) is 64.4 Å². The van der Waals surface area contributed by atoms with E-state index in [9.17, 15) is 0 Å². The van der Waals surface area contributed by atoms with E-state index < -0.39 is 0 Å². The average molecular weight is 305 g/mol. The number of rotatable bonds is 5. The second kappa shape index (κ2) is 6.66. The normalized spacial score (nSPS) is 12.3. The molecule has 1 aromatic carbocycles. The van der Waals surface area contributed by atoms with Crippen LogP contribution in [0.3, 0.4) is 0 Å². The van der Waals surface area contributed by atoms with E-state index in [0.717, 1.165) is 17.4 Å². The van der Waals surface area contributed by atoms with Gasteiger partial charge in [0.2, 0.25) is 0 Å². The van der Waals surface area contributed by atoms with Crippen LogP contribution in [0.2, 0.25) is 0 Å². The molecule has 2 nitrogen and oxygen atoms in total. The van der Waals surface area contributed by atoms with Crippen LogP contribution in [0.25, 0.3) is 0 Å². The predicted octanol–water partition coefficient (Wildman–Crippen LogP) is 4.09. The molecule has 0 bridgehead atoms. The maximum atomic E-state index is 4.13. The van der Waals surface area contributed by atoms with Gasteiger partial charge in [0.05, 0.1) is 0 Å². The molecule has 0 aliphatic rings. The zero-order valence-electron chi connectivity index (χ0n) is 10.4. The van der Waals surface area contributed by atoms with E-state index in [1.165, 1.54) is 11.1 Å². The van der Waals surface area contributed by atoms with E-state index >= 15 is 0 Å².